The fraction of sp³-hybridized carbons (Fsp3) is 0.412. The van der Waals surface area contributed by atoms with Crippen molar-refractivity contribution in [1.29, 1.82) is 0 Å². The summed E-state index contributed by atoms with van der Waals surface area (Å²) in [6.45, 7) is 8.99. The maximum atomic E-state index is 5.65. The Balaban J connectivity index is 1.97. The summed E-state index contributed by atoms with van der Waals surface area (Å²) >= 11 is 0. The van der Waals surface area contributed by atoms with Gasteiger partial charge in [-0.2, -0.15) is 0 Å². The topological polar surface area (TPSA) is 28.4 Å². The summed E-state index contributed by atoms with van der Waals surface area (Å²) in [5, 5.41) is 3.35. The first-order valence-electron chi connectivity index (χ1n) is 7.35. The molecular weight excluding hydrogens is 248 g/mol. The van der Waals surface area contributed by atoms with Gasteiger partial charge in [0.2, 0.25) is 0 Å². The largest absolute Gasteiger partial charge is 0.468 e. The van der Waals surface area contributed by atoms with E-state index in [0.29, 0.717) is 0 Å². The van der Waals surface area contributed by atoms with Gasteiger partial charge in [-0.3, -0.25) is 4.90 Å². The molecule has 1 aromatic heterocycles. The molecule has 2 rings (SSSR count). The number of hydrogen-bond donors (Lipinski definition) is 1. The van der Waals surface area contributed by atoms with Crippen LogP contribution in [0.1, 0.15) is 30.7 Å². The van der Waals surface area contributed by atoms with E-state index in [2.05, 4.69) is 60.5 Å². The molecule has 1 N–H and O–H groups in total. The highest BCUT2D eigenvalue weighted by molar-refractivity contribution is 5.18. The average Bonchev–Trinajstić information content (AvgIpc) is 2.92. The minimum Gasteiger partial charge on any atom is -0.468 e. The number of hydrogen-bond acceptors (Lipinski definition) is 3. The van der Waals surface area contributed by atoms with Crippen LogP contribution in [0, 0.1) is 0 Å². The number of furan rings is 1. The molecule has 0 unspecified atom stereocenters. The Bertz CT molecular complexity index is 493. The van der Waals surface area contributed by atoms with Crippen LogP contribution in [0.5, 0.6) is 0 Å². The summed E-state index contributed by atoms with van der Waals surface area (Å²) in [6, 6.07) is 12.6. The molecule has 3 heteroatoms. The Kier molecular flexibility index (Phi) is 5.84. The highest BCUT2D eigenvalue weighted by Gasteiger charge is 2.11. The van der Waals surface area contributed by atoms with E-state index in [9.17, 15) is 0 Å². The molecule has 0 atom stereocenters. The van der Waals surface area contributed by atoms with E-state index in [1.165, 1.54) is 11.1 Å². The van der Waals surface area contributed by atoms with E-state index < -0.39 is 0 Å². The van der Waals surface area contributed by atoms with Crippen LogP contribution in [0.15, 0.2) is 47.1 Å². The van der Waals surface area contributed by atoms with E-state index in [1.54, 1.807) is 6.26 Å². The SMILES string of the molecule is CCNCc1ccoc1CN(CC)Cc1ccccc1. The van der Waals surface area contributed by atoms with Gasteiger partial charge in [0.25, 0.3) is 0 Å². The normalized spacial score (nSPS) is 11.2. The maximum Gasteiger partial charge on any atom is 0.122 e. The maximum absolute atomic E-state index is 5.65. The van der Waals surface area contributed by atoms with Gasteiger partial charge in [0.15, 0.2) is 0 Å². The molecule has 0 bridgehead atoms. The van der Waals surface area contributed by atoms with Crippen molar-refractivity contribution in [2.75, 3.05) is 13.1 Å². The first-order chi connectivity index (χ1) is 9.83. The highest BCUT2D eigenvalue weighted by Crippen LogP contribution is 2.15. The number of benzene rings is 1. The molecule has 0 amide bonds. The monoisotopic (exact) mass is 272 g/mol. The lowest BCUT2D eigenvalue weighted by Gasteiger charge is -2.20. The number of nitrogens with one attached hydrogen (secondary N) is 1. The van der Waals surface area contributed by atoms with Crippen LogP contribution in [0.2, 0.25) is 0 Å². The van der Waals surface area contributed by atoms with Gasteiger partial charge < -0.3 is 9.73 Å². The molecule has 0 aliphatic heterocycles. The lowest BCUT2D eigenvalue weighted by atomic mass is 10.2. The Hall–Kier alpha value is -1.58. The molecular formula is C17H24N2O. The third-order valence-corrected chi connectivity index (χ3v) is 3.47. The van der Waals surface area contributed by atoms with E-state index in [-0.39, 0.29) is 0 Å². The van der Waals surface area contributed by atoms with Crippen LogP contribution in [-0.2, 0) is 19.6 Å². The Morgan fingerprint density at radius 3 is 2.55 bits per heavy atom. The fourth-order valence-electron chi connectivity index (χ4n) is 2.25. The van der Waals surface area contributed by atoms with Crippen LogP contribution in [0.25, 0.3) is 0 Å². The van der Waals surface area contributed by atoms with Crippen molar-refractivity contribution in [2.45, 2.75) is 33.5 Å². The molecule has 0 fully saturated rings. The molecule has 3 nitrogen and oxygen atoms in total. The molecule has 2 aromatic rings. The van der Waals surface area contributed by atoms with Crippen molar-refractivity contribution in [3.63, 3.8) is 0 Å². The van der Waals surface area contributed by atoms with Gasteiger partial charge in [-0.05, 0) is 24.7 Å². The predicted octanol–water partition coefficient (Wildman–Crippen LogP) is 3.41. The molecule has 0 radical (unpaired) electrons. The summed E-state index contributed by atoms with van der Waals surface area (Å²) in [7, 11) is 0. The Labute approximate surface area is 121 Å². The standard InChI is InChI=1S/C17H24N2O/c1-3-18-12-16-10-11-20-17(16)14-19(4-2)13-15-8-6-5-7-9-15/h5-11,18H,3-4,12-14H2,1-2H3. The second-order valence-corrected chi connectivity index (χ2v) is 4.94. The molecule has 108 valence electrons. The Morgan fingerprint density at radius 2 is 1.85 bits per heavy atom. The van der Waals surface area contributed by atoms with Gasteiger partial charge >= 0.3 is 0 Å². The van der Waals surface area contributed by atoms with E-state index in [0.717, 1.165) is 38.5 Å². The van der Waals surface area contributed by atoms with Crippen molar-refractivity contribution >= 4 is 0 Å². The molecule has 0 saturated carbocycles. The Morgan fingerprint density at radius 1 is 1.05 bits per heavy atom. The van der Waals surface area contributed by atoms with Gasteiger partial charge in [-0.1, -0.05) is 44.2 Å². The lowest BCUT2D eigenvalue weighted by molar-refractivity contribution is 0.246. The first kappa shape index (κ1) is 14.8. The molecule has 20 heavy (non-hydrogen) atoms. The van der Waals surface area contributed by atoms with Crippen LogP contribution < -0.4 is 5.32 Å². The zero-order valence-electron chi connectivity index (χ0n) is 12.4. The van der Waals surface area contributed by atoms with Crippen LogP contribution >= 0.6 is 0 Å². The molecule has 1 aromatic carbocycles. The molecule has 0 spiro atoms. The zero-order chi connectivity index (χ0) is 14.2. The van der Waals surface area contributed by atoms with Crippen LogP contribution in [0.4, 0.5) is 0 Å². The molecule has 0 aliphatic rings. The molecule has 1 heterocycles. The van der Waals surface area contributed by atoms with E-state index in [4.69, 9.17) is 4.42 Å². The minimum atomic E-state index is 0.860. The third-order valence-electron chi connectivity index (χ3n) is 3.47. The van der Waals surface area contributed by atoms with Crippen LogP contribution in [0.3, 0.4) is 0 Å². The van der Waals surface area contributed by atoms with Gasteiger partial charge in [0.05, 0.1) is 12.8 Å². The molecule has 0 saturated heterocycles. The fourth-order valence-corrected chi connectivity index (χ4v) is 2.25. The second kappa shape index (κ2) is 7.88. The first-order valence-corrected chi connectivity index (χ1v) is 7.35. The summed E-state index contributed by atoms with van der Waals surface area (Å²) in [5.41, 5.74) is 2.60. The summed E-state index contributed by atoms with van der Waals surface area (Å²) in [6.07, 6.45) is 1.79. The van der Waals surface area contributed by atoms with Gasteiger partial charge in [0.1, 0.15) is 5.76 Å². The third kappa shape index (κ3) is 4.22. The smallest absolute Gasteiger partial charge is 0.122 e. The molecule has 0 aliphatic carbocycles. The quantitative estimate of drug-likeness (QED) is 0.798. The number of rotatable bonds is 8. The van der Waals surface area contributed by atoms with Gasteiger partial charge in [0, 0.05) is 18.7 Å². The lowest BCUT2D eigenvalue weighted by Crippen LogP contribution is -2.23. The predicted molar refractivity (Wildman–Crippen MR) is 82.3 cm³/mol. The zero-order valence-corrected chi connectivity index (χ0v) is 12.4. The average molecular weight is 272 g/mol. The minimum absolute atomic E-state index is 0.860. The van der Waals surface area contributed by atoms with Crippen molar-refractivity contribution in [3.05, 3.63) is 59.5 Å². The number of nitrogens with zero attached hydrogens (tertiary/aromatic N) is 1. The summed E-state index contributed by atoms with van der Waals surface area (Å²) < 4.78 is 5.65. The van der Waals surface area contributed by atoms with Gasteiger partial charge in [-0.15, -0.1) is 0 Å². The van der Waals surface area contributed by atoms with E-state index in [1.807, 2.05) is 0 Å². The van der Waals surface area contributed by atoms with Gasteiger partial charge in [-0.25, -0.2) is 0 Å². The second-order valence-electron chi connectivity index (χ2n) is 4.94. The van der Waals surface area contributed by atoms with Crippen LogP contribution in [-0.4, -0.2) is 18.0 Å². The summed E-state index contributed by atoms with van der Waals surface area (Å²) in [4.78, 5) is 2.39. The van der Waals surface area contributed by atoms with Crippen molar-refractivity contribution in [2.24, 2.45) is 0 Å². The van der Waals surface area contributed by atoms with E-state index >= 15 is 0 Å². The highest BCUT2D eigenvalue weighted by atomic mass is 16.3. The van der Waals surface area contributed by atoms with Crippen molar-refractivity contribution < 1.29 is 4.42 Å². The summed E-state index contributed by atoms with van der Waals surface area (Å²) in [5.74, 6) is 1.07. The van der Waals surface area contributed by atoms with Crippen molar-refractivity contribution in [1.82, 2.24) is 10.2 Å². The van der Waals surface area contributed by atoms with Crippen molar-refractivity contribution in [3.8, 4) is 0 Å².